The van der Waals surface area contributed by atoms with Crippen LogP contribution < -0.4 is 10.6 Å². The average molecular weight is 435 g/mol. The molecule has 164 valence electrons. The van der Waals surface area contributed by atoms with Crippen LogP contribution in [-0.2, 0) is 16.1 Å². The van der Waals surface area contributed by atoms with Crippen molar-refractivity contribution in [3.05, 3.63) is 77.2 Å². The molecule has 1 aliphatic carbocycles. The minimum atomic E-state index is -1.17. The molecule has 2 aromatic carbocycles. The Kier molecular flexibility index (Phi) is 5.89. The lowest BCUT2D eigenvalue weighted by Gasteiger charge is -2.14. The molecule has 9 heteroatoms. The number of hydrogen-bond acceptors (Lipinski definition) is 6. The van der Waals surface area contributed by atoms with Crippen molar-refractivity contribution in [1.82, 2.24) is 15.8 Å². The Hall–Kier alpha value is -4.14. The van der Waals surface area contributed by atoms with Gasteiger partial charge in [0.15, 0.2) is 0 Å². The van der Waals surface area contributed by atoms with Crippen LogP contribution in [-0.4, -0.2) is 40.9 Å². The molecule has 0 unspecified atom stereocenters. The second kappa shape index (κ2) is 8.93. The summed E-state index contributed by atoms with van der Waals surface area (Å²) in [6.45, 7) is 1.38. The maximum absolute atomic E-state index is 12.3. The third-order valence-electron chi connectivity index (χ3n) is 5.35. The van der Waals surface area contributed by atoms with E-state index < -0.39 is 24.0 Å². The Balaban J connectivity index is 1.36. The molecule has 0 radical (unpaired) electrons. The van der Waals surface area contributed by atoms with Gasteiger partial charge in [0.05, 0.1) is 6.54 Å². The van der Waals surface area contributed by atoms with E-state index in [0.29, 0.717) is 0 Å². The number of carboxylic acids is 1. The molecular weight excluding hydrogens is 414 g/mol. The zero-order valence-electron chi connectivity index (χ0n) is 17.2. The van der Waals surface area contributed by atoms with Crippen LogP contribution in [0, 0.1) is 0 Å². The first-order valence-electron chi connectivity index (χ1n) is 10.0. The molecule has 3 aromatic rings. The molecular formula is C23H21N3O6. The van der Waals surface area contributed by atoms with E-state index in [1.165, 1.54) is 6.92 Å². The molecule has 1 atom stereocenters. The number of ether oxygens (including phenoxy) is 1. The zero-order chi connectivity index (χ0) is 22.7. The van der Waals surface area contributed by atoms with Gasteiger partial charge in [0.25, 0.3) is 5.91 Å². The van der Waals surface area contributed by atoms with Crippen molar-refractivity contribution in [1.29, 1.82) is 0 Å². The Morgan fingerprint density at radius 3 is 2.34 bits per heavy atom. The van der Waals surface area contributed by atoms with E-state index in [4.69, 9.17) is 14.4 Å². The zero-order valence-corrected chi connectivity index (χ0v) is 17.2. The van der Waals surface area contributed by atoms with Crippen LogP contribution in [0.15, 0.2) is 59.3 Å². The maximum atomic E-state index is 12.3. The molecule has 4 rings (SSSR count). The Labute approximate surface area is 183 Å². The molecule has 32 heavy (non-hydrogen) atoms. The molecule has 0 saturated carbocycles. The van der Waals surface area contributed by atoms with Crippen LogP contribution in [0.1, 0.15) is 40.0 Å². The molecule has 0 saturated heterocycles. The van der Waals surface area contributed by atoms with Crippen molar-refractivity contribution in [3.63, 3.8) is 0 Å². The minimum Gasteiger partial charge on any atom is -0.480 e. The van der Waals surface area contributed by atoms with Crippen molar-refractivity contribution in [2.24, 2.45) is 0 Å². The van der Waals surface area contributed by atoms with Gasteiger partial charge in [-0.15, -0.1) is 0 Å². The molecule has 1 aliphatic rings. The third kappa shape index (κ3) is 4.18. The third-order valence-corrected chi connectivity index (χ3v) is 5.35. The highest BCUT2D eigenvalue weighted by atomic mass is 16.5. The highest BCUT2D eigenvalue weighted by Gasteiger charge is 2.29. The number of amides is 2. The largest absolute Gasteiger partial charge is 0.480 e. The van der Waals surface area contributed by atoms with Crippen LogP contribution in [0.5, 0.6) is 0 Å². The smallest absolute Gasteiger partial charge is 0.407 e. The molecule has 0 aliphatic heterocycles. The average Bonchev–Trinajstić information content (AvgIpc) is 3.39. The first-order chi connectivity index (χ1) is 15.5. The summed E-state index contributed by atoms with van der Waals surface area (Å²) in [5, 5.41) is 17.5. The van der Waals surface area contributed by atoms with Crippen LogP contribution in [0.25, 0.3) is 11.1 Å². The SMILES string of the molecule is C[C@@H](NC(=O)c1conc1CNC(=O)OCC1c2ccccc2-c2ccccc21)C(=O)O. The number of benzene rings is 2. The number of nitrogens with zero attached hydrogens (tertiary/aromatic N) is 1. The van der Waals surface area contributed by atoms with Gasteiger partial charge in [-0.3, -0.25) is 9.59 Å². The lowest BCUT2D eigenvalue weighted by molar-refractivity contribution is -0.138. The molecule has 0 spiro atoms. The molecule has 0 fully saturated rings. The predicted molar refractivity (Wildman–Crippen MR) is 113 cm³/mol. The van der Waals surface area contributed by atoms with Gasteiger partial charge >= 0.3 is 12.1 Å². The van der Waals surface area contributed by atoms with Crippen molar-refractivity contribution >= 4 is 18.0 Å². The summed E-state index contributed by atoms with van der Waals surface area (Å²) in [4.78, 5) is 35.4. The highest BCUT2D eigenvalue weighted by Crippen LogP contribution is 2.44. The maximum Gasteiger partial charge on any atom is 0.407 e. The van der Waals surface area contributed by atoms with Crippen molar-refractivity contribution in [2.45, 2.75) is 25.4 Å². The number of fused-ring (bicyclic) bond motifs is 3. The van der Waals surface area contributed by atoms with Crippen LogP contribution in [0.2, 0.25) is 0 Å². The summed E-state index contributed by atoms with van der Waals surface area (Å²) < 4.78 is 10.3. The number of alkyl carbamates (subject to hydrolysis) is 1. The van der Waals surface area contributed by atoms with E-state index in [1.54, 1.807) is 0 Å². The number of aliphatic carboxylic acids is 1. The fourth-order valence-electron chi connectivity index (χ4n) is 3.71. The van der Waals surface area contributed by atoms with Crippen molar-refractivity contribution in [2.75, 3.05) is 6.61 Å². The molecule has 0 bridgehead atoms. The fourth-order valence-corrected chi connectivity index (χ4v) is 3.71. The van der Waals surface area contributed by atoms with Gasteiger partial charge < -0.3 is 25.0 Å². The number of carbonyl (C=O) groups is 3. The summed E-state index contributed by atoms with van der Waals surface area (Å²) in [5.41, 5.74) is 4.66. The van der Waals surface area contributed by atoms with Crippen LogP contribution in [0.4, 0.5) is 4.79 Å². The first kappa shape index (κ1) is 21.1. The van der Waals surface area contributed by atoms with Crippen LogP contribution >= 0.6 is 0 Å². The molecule has 9 nitrogen and oxygen atoms in total. The summed E-state index contributed by atoms with van der Waals surface area (Å²) in [6, 6.07) is 15.0. The van der Waals surface area contributed by atoms with Gasteiger partial charge in [-0.05, 0) is 29.2 Å². The first-order valence-corrected chi connectivity index (χ1v) is 10.0. The van der Waals surface area contributed by atoms with Gasteiger partial charge in [0, 0.05) is 5.92 Å². The van der Waals surface area contributed by atoms with Crippen molar-refractivity contribution < 1.29 is 28.8 Å². The molecule has 3 N–H and O–H groups in total. The fraction of sp³-hybridized carbons (Fsp3) is 0.217. The number of nitrogens with one attached hydrogen (secondary N) is 2. The van der Waals surface area contributed by atoms with E-state index in [2.05, 4.69) is 27.9 Å². The van der Waals surface area contributed by atoms with E-state index >= 15 is 0 Å². The summed E-state index contributed by atoms with van der Waals surface area (Å²) in [5.74, 6) is -1.90. The normalized spacial score (nSPS) is 13.0. The van der Waals surface area contributed by atoms with E-state index in [0.717, 1.165) is 28.5 Å². The van der Waals surface area contributed by atoms with Gasteiger partial charge in [0.1, 0.15) is 30.2 Å². The topological polar surface area (TPSA) is 131 Å². The Morgan fingerprint density at radius 1 is 1.09 bits per heavy atom. The lowest BCUT2D eigenvalue weighted by Crippen LogP contribution is -2.38. The van der Waals surface area contributed by atoms with Crippen LogP contribution in [0.3, 0.4) is 0 Å². The lowest BCUT2D eigenvalue weighted by atomic mass is 9.98. The number of aromatic nitrogens is 1. The second-order valence-corrected chi connectivity index (χ2v) is 7.39. The quantitative estimate of drug-likeness (QED) is 0.520. The number of carbonyl (C=O) groups excluding carboxylic acids is 2. The van der Waals surface area contributed by atoms with E-state index in [1.807, 2.05) is 36.4 Å². The van der Waals surface area contributed by atoms with Gasteiger partial charge in [-0.25, -0.2) is 4.79 Å². The molecule has 1 heterocycles. The number of rotatable bonds is 7. The summed E-state index contributed by atoms with van der Waals surface area (Å²) in [7, 11) is 0. The Morgan fingerprint density at radius 2 is 1.72 bits per heavy atom. The van der Waals surface area contributed by atoms with Gasteiger partial charge in [0.2, 0.25) is 0 Å². The van der Waals surface area contributed by atoms with Gasteiger partial charge in [-0.2, -0.15) is 0 Å². The Bertz CT molecular complexity index is 1130. The number of hydrogen-bond donors (Lipinski definition) is 3. The van der Waals surface area contributed by atoms with E-state index in [9.17, 15) is 14.4 Å². The second-order valence-electron chi connectivity index (χ2n) is 7.39. The molecule has 2 amide bonds. The predicted octanol–water partition coefficient (Wildman–Crippen LogP) is 2.92. The van der Waals surface area contributed by atoms with Gasteiger partial charge in [-0.1, -0.05) is 53.7 Å². The monoisotopic (exact) mass is 435 g/mol. The highest BCUT2D eigenvalue weighted by molar-refractivity contribution is 5.97. The standard InChI is InChI=1S/C23H21N3O6/c1-13(22(28)29)25-21(27)19-12-32-26-20(19)10-24-23(30)31-11-18-16-8-4-2-6-14(16)15-7-3-5-9-17(15)18/h2-9,12-13,18H,10-11H2,1H3,(H,24,30)(H,25,27)(H,28,29)/t13-/m1/s1. The van der Waals surface area contributed by atoms with E-state index in [-0.39, 0.29) is 30.3 Å². The van der Waals surface area contributed by atoms with Crippen molar-refractivity contribution in [3.8, 4) is 11.1 Å². The molecule has 1 aromatic heterocycles. The summed E-state index contributed by atoms with van der Waals surface area (Å²) in [6.07, 6.45) is 0.429. The number of carboxylic acid groups (broad SMARTS) is 1. The minimum absolute atomic E-state index is 0.0389. The summed E-state index contributed by atoms with van der Waals surface area (Å²) >= 11 is 0.